The molecule has 6 heteroatoms. The van der Waals surface area contributed by atoms with Crippen LogP contribution in [-0.2, 0) is 4.79 Å². The maximum absolute atomic E-state index is 11.2. The van der Waals surface area contributed by atoms with Crippen LogP contribution in [0.2, 0.25) is 0 Å². The molecule has 1 aromatic heterocycles. The predicted octanol–water partition coefficient (Wildman–Crippen LogP) is 0.407. The van der Waals surface area contributed by atoms with E-state index in [2.05, 4.69) is 43.0 Å². The van der Waals surface area contributed by atoms with Crippen molar-refractivity contribution in [3.05, 3.63) is 15.8 Å². The summed E-state index contributed by atoms with van der Waals surface area (Å²) in [6.07, 6.45) is 0.654. The highest BCUT2D eigenvalue weighted by Crippen LogP contribution is 2.38. The summed E-state index contributed by atoms with van der Waals surface area (Å²) in [5.41, 5.74) is 0.155. The average molecular weight is 330 g/mol. The highest BCUT2D eigenvalue weighted by Gasteiger charge is 2.48. The van der Waals surface area contributed by atoms with Crippen LogP contribution in [0, 0.1) is 9.12 Å². The minimum atomic E-state index is 0.155. The number of aromatic nitrogens is 2. The number of carbonyl (C=O) groups is 1. The molecule has 0 aliphatic carbocycles. The zero-order chi connectivity index (χ0) is 11.2. The van der Waals surface area contributed by atoms with Crippen molar-refractivity contribution in [3.8, 4) is 0 Å². The molecular formula is C10H11IN4O. The monoisotopic (exact) mass is 330 g/mol. The quantitative estimate of drug-likeness (QED) is 0.758. The van der Waals surface area contributed by atoms with Gasteiger partial charge in [-0.2, -0.15) is 0 Å². The first-order valence-corrected chi connectivity index (χ1v) is 6.26. The molecule has 1 spiro atoms. The van der Waals surface area contributed by atoms with Gasteiger partial charge in [-0.25, -0.2) is 0 Å². The molecule has 1 N–H and O–H groups in total. The van der Waals surface area contributed by atoms with Crippen LogP contribution in [0.1, 0.15) is 6.42 Å². The molecule has 3 rings (SSSR count). The molecular weight excluding hydrogens is 319 g/mol. The molecule has 0 aromatic carbocycles. The minimum absolute atomic E-state index is 0.155. The van der Waals surface area contributed by atoms with Crippen molar-refractivity contribution in [1.29, 1.82) is 0 Å². The number of rotatable bonds is 1. The maximum atomic E-state index is 11.2. The Labute approximate surface area is 107 Å². The molecule has 0 saturated carbocycles. The Morgan fingerprint density at radius 1 is 1.38 bits per heavy atom. The largest absolute Gasteiger partial charge is 0.355 e. The Morgan fingerprint density at radius 3 is 2.75 bits per heavy atom. The summed E-state index contributed by atoms with van der Waals surface area (Å²) in [5.74, 6) is 1.08. The van der Waals surface area contributed by atoms with Gasteiger partial charge in [-0.15, -0.1) is 10.2 Å². The molecule has 3 heterocycles. The van der Waals surface area contributed by atoms with Gasteiger partial charge in [0.2, 0.25) is 5.91 Å². The Balaban J connectivity index is 1.69. The lowest BCUT2D eigenvalue weighted by Crippen LogP contribution is -2.57. The molecule has 0 atom stereocenters. The number of nitrogens with one attached hydrogen (secondary N) is 1. The summed E-state index contributed by atoms with van der Waals surface area (Å²) in [7, 11) is 0. The first-order valence-electron chi connectivity index (χ1n) is 5.18. The molecule has 1 amide bonds. The van der Waals surface area contributed by atoms with E-state index in [0.717, 1.165) is 29.2 Å². The second-order valence-corrected chi connectivity index (χ2v) is 5.63. The van der Waals surface area contributed by atoms with E-state index in [0.29, 0.717) is 6.42 Å². The van der Waals surface area contributed by atoms with Gasteiger partial charge in [0.15, 0.2) is 5.82 Å². The second-order valence-electron chi connectivity index (χ2n) is 4.52. The fourth-order valence-corrected chi connectivity index (χ4v) is 2.67. The topological polar surface area (TPSA) is 58.1 Å². The summed E-state index contributed by atoms with van der Waals surface area (Å²) >= 11 is 2.14. The summed E-state index contributed by atoms with van der Waals surface area (Å²) in [6, 6.07) is 3.93. The molecule has 5 nitrogen and oxygen atoms in total. The van der Waals surface area contributed by atoms with Crippen LogP contribution in [-0.4, -0.2) is 35.7 Å². The van der Waals surface area contributed by atoms with E-state index in [1.165, 1.54) is 0 Å². The zero-order valence-corrected chi connectivity index (χ0v) is 10.8. The van der Waals surface area contributed by atoms with Crippen molar-refractivity contribution in [2.45, 2.75) is 6.42 Å². The van der Waals surface area contributed by atoms with Crippen molar-refractivity contribution in [2.24, 2.45) is 5.41 Å². The second kappa shape index (κ2) is 3.54. The molecule has 0 unspecified atom stereocenters. The number of nitrogens with zero attached hydrogens (tertiary/aromatic N) is 3. The molecule has 2 saturated heterocycles. The molecule has 2 fully saturated rings. The van der Waals surface area contributed by atoms with Gasteiger partial charge in [0.25, 0.3) is 0 Å². The van der Waals surface area contributed by atoms with E-state index < -0.39 is 0 Å². The Bertz CT molecular complexity index is 427. The summed E-state index contributed by atoms with van der Waals surface area (Å²) < 4.78 is 0.897. The van der Waals surface area contributed by atoms with Gasteiger partial charge in [-0.3, -0.25) is 4.79 Å². The highest BCUT2D eigenvalue weighted by molar-refractivity contribution is 14.1. The average Bonchev–Trinajstić information content (AvgIpc) is 2.60. The number of halogens is 1. The Hall–Kier alpha value is -0.920. The van der Waals surface area contributed by atoms with Gasteiger partial charge in [-0.1, -0.05) is 0 Å². The lowest BCUT2D eigenvalue weighted by molar-refractivity contribution is -0.119. The van der Waals surface area contributed by atoms with Crippen molar-refractivity contribution < 1.29 is 4.79 Å². The smallest absolute Gasteiger partial charge is 0.220 e. The van der Waals surface area contributed by atoms with Gasteiger partial charge in [0.05, 0.1) is 0 Å². The number of amides is 1. The zero-order valence-electron chi connectivity index (χ0n) is 8.61. The third-order valence-corrected chi connectivity index (χ3v) is 3.77. The number of carbonyl (C=O) groups excluding carboxylic acids is 1. The van der Waals surface area contributed by atoms with Crippen LogP contribution in [0.3, 0.4) is 0 Å². The third-order valence-electron chi connectivity index (χ3n) is 3.19. The van der Waals surface area contributed by atoms with Gasteiger partial charge < -0.3 is 10.2 Å². The number of anilines is 1. The molecule has 84 valence electrons. The summed E-state index contributed by atoms with van der Waals surface area (Å²) in [5, 5.41) is 11.1. The lowest BCUT2D eigenvalue weighted by Gasteiger charge is -2.47. The Kier molecular flexibility index (Phi) is 2.27. The number of hydrogen-bond acceptors (Lipinski definition) is 4. The summed E-state index contributed by atoms with van der Waals surface area (Å²) in [6.45, 7) is 2.61. The van der Waals surface area contributed by atoms with E-state index in [-0.39, 0.29) is 11.3 Å². The fourth-order valence-electron chi connectivity index (χ4n) is 2.38. The Morgan fingerprint density at radius 2 is 2.19 bits per heavy atom. The minimum Gasteiger partial charge on any atom is -0.355 e. The molecule has 0 bridgehead atoms. The third kappa shape index (κ3) is 1.64. The van der Waals surface area contributed by atoms with E-state index in [1.807, 2.05) is 12.1 Å². The van der Waals surface area contributed by atoms with Gasteiger partial charge in [0, 0.05) is 31.5 Å². The first kappa shape index (κ1) is 10.2. The molecule has 16 heavy (non-hydrogen) atoms. The van der Waals surface area contributed by atoms with Crippen molar-refractivity contribution >= 4 is 34.3 Å². The van der Waals surface area contributed by atoms with Gasteiger partial charge in [0.1, 0.15) is 3.70 Å². The lowest BCUT2D eigenvalue weighted by atomic mass is 9.79. The van der Waals surface area contributed by atoms with Crippen molar-refractivity contribution in [3.63, 3.8) is 0 Å². The van der Waals surface area contributed by atoms with Crippen LogP contribution in [0.5, 0.6) is 0 Å². The standard InChI is InChI=1S/C10H11IN4O/c11-7-1-2-8(14-13-7)15-5-10(6-15)3-9(16)12-4-10/h1-2H,3-6H2,(H,12,16). The van der Waals surface area contributed by atoms with Gasteiger partial charge >= 0.3 is 0 Å². The predicted molar refractivity (Wildman–Crippen MR) is 67.0 cm³/mol. The molecule has 2 aliphatic rings. The van der Waals surface area contributed by atoms with E-state index in [9.17, 15) is 4.79 Å². The number of hydrogen-bond donors (Lipinski definition) is 1. The normalized spacial score (nSPS) is 22.1. The SMILES string of the molecule is O=C1CC2(CN1)CN(c1ccc(I)nn1)C2. The van der Waals surface area contributed by atoms with Crippen molar-refractivity contribution in [2.75, 3.05) is 24.5 Å². The first-order chi connectivity index (χ1) is 7.67. The van der Waals surface area contributed by atoms with E-state index >= 15 is 0 Å². The van der Waals surface area contributed by atoms with Crippen LogP contribution in [0.4, 0.5) is 5.82 Å². The highest BCUT2D eigenvalue weighted by atomic mass is 127. The van der Waals surface area contributed by atoms with Crippen LogP contribution < -0.4 is 10.2 Å². The molecule has 0 radical (unpaired) electrons. The van der Waals surface area contributed by atoms with Crippen LogP contribution in [0.15, 0.2) is 12.1 Å². The molecule has 1 aromatic rings. The van der Waals surface area contributed by atoms with E-state index in [4.69, 9.17) is 0 Å². The van der Waals surface area contributed by atoms with Crippen molar-refractivity contribution in [1.82, 2.24) is 15.5 Å². The van der Waals surface area contributed by atoms with E-state index in [1.54, 1.807) is 0 Å². The fraction of sp³-hybridized carbons (Fsp3) is 0.500. The van der Waals surface area contributed by atoms with Gasteiger partial charge in [-0.05, 0) is 34.7 Å². The van der Waals surface area contributed by atoms with Crippen LogP contribution in [0.25, 0.3) is 0 Å². The van der Waals surface area contributed by atoms with Crippen LogP contribution >= 0.6 is 22.6 Å². The summed E-state index contributed by atoms with van der Waals surface area (Å²) in [4.78, 5) is 13.4. The maximum Gasteiger partial charge on any atom is 0.220 e. The molecule has 2 aliphatic heterocycles.